The van der Waals surface area contributed by atoms with E-state index in [1.54, 1.807) is 6.92 Å². The number of ether oxygens (including phenoxy) is 1. The second kappa shape index (κ2) is 10.8. The summed E-state index contributed by atoms with van der Waals surface area (Å²) in [4.78, 5) is 40.5. The van der Waals surface area contributed by atoms with Crippen LogP contribution in [0.4, 0.5) is 5.69 Å². The van der Waals surface area contributed by atoms with Gasteiger partial charge in [0.1, 0.15) is 6.04 Å². The van der Waals surface area contributed by atoms with Gasteiger partial charge in [0.15, 0.2) is 0 Å². The first-order chi connectivity index (χ1) is 16.0. The quantitative estimate of drug-likeness (QED) is 0.383. The number of nitrogens with zero attached hydrogens (tertiary/aromatic N) is 1. The number of allylic oxidation sites excluding steroid dienone is 2. The van der Waals surface area contributed by atoms with E-state index in [2.05, 4.69) is 10.0 Å². The van der Waals surface area contributed by atoms with Crippen molar-refractivity contribution >= 4 is 33.4 Å². The Hall–Kier alpha value is -2.56. The summed E-state index contributed by atoms with van der Waals surface area (Å²) >= 11 is 0. The first kappa shape index (κ1) is 26.1. The summed E-state index contributed by atoms with van der Waals surface area (Å²) < 4.78 is 32.5. The van der Waals surface area contributed by atoms with E-state index in [0.29, 0.717) is 24.9 Å². The van der Waals surface area contributed by atoms with Crippen LogP contribution in [0.3, 0.4) is 0 Å². The van der Waals surface area contributed by atoms with Crippen molar-refractivity contribution in [1.82, 2.24) is 9.62 Å². The van der Waals surface area contributed by atoms with Gasteiger partial charge < -0.3 is 10.1 Å². The minimum absolute atomic E-state index is 0.0497. The number of sulfonamides is 1. The molecule has 3 amide bonds. The van der Waals surface area contributed by atoms with Crippen molar-refractivity contribution in [2.24, 2.45) is 17.8 Å². The average molecular weight is 492 g/mol. The molecular formula is C24H33N3O6S. The number of rotatable bonds is 10. The fraction of sp³-hybridized carbons (Fsp3) is 0.542. The van der Waals surface area contributed by atoms with Crippen molar-refractivity contribution in [2.75, 3.05) is 19.0 Å². The topological polar surface area (TPSA) is 122 Å². The van der Waals surface area contributed by atoms with Crippen molar-refractivity contribution in [3.63, 3.8) is 0 Å². The smallest absolute Gasteiger partial charge is 0.247 e. The van der Waals surface area contributed by atoms with Gasteiger partial charge >= 0.3 is 0 Å². The molecule has 1 aromatic rings. The monoisotopic (exact) mass is 491 g/mol. The normalized spacial score (nSPS) is 22.1. The number of imide groups is 1. The Kier molecular flexibility index (Phi) is 8.27. The molecule has 186 valence electrons. The van der Waals surface area contributed by atoms with Crippen LogP contribution in [0.15, 0.2) is 41.3 Å². The lowest BCUT2D eigenvalue weighted by Crippen LogP contribution is -2.48. The summed E-state index contributed by atoms with van der Waals surface area (Å²) in [6.07, 6.45) is 5.18. The Labute approximate surface area is 201 Å². The van der Waals surface area contributed by atoms with E-state index >= 15 is 0 Å². The molecule has 3 rings (SSSR count). The SMILES string of the molecule is COCC(C)NS(=O)(=O)c1ccc(NC(=O)C(CC(C)C)N2C(=O)C3CC=CCC3C2=O)cc1. The Morgan fingerprint density at radius 2 is 1.62 bits per heavy atom. The molecule has 1 aliphatic heterocycles. The number of likely N-dealkylation sites (tertiary alicyclic amines) is 1. The molecule has 4 unspecified atom stereocenters. The van der Waals surface area contributed by atoms with Crippen LogP contribution >= 0.6 is 0 Å². The molecule has 1 aliphatic carbocycles. The van der Waals surface area contributed by atoms with E-state index in [4.69, 9.17) is 4.74 Å². The number of hydrogen-bond donors (Lipinski definition) is 2. The summed E-state index contributed by atoms with van der Waals surface area (Å²) in [5.74, 6) is -1.79. The van der Waals surface area contributed by atoms with E-state index in [1.165, 1.54) is 31.4 Å². The molecule has 1 aromatic carbocycles. The van der Waals surface area contributed by atoms with Crippen LogP contribution in [0.2, 0.25) is 0 Å². The molecular weight excluding hydrogens is 458 g/mol. The van der Waals surface area contributed by atoms with Crippen molar-refractivity contribution in [1.29, 1.82) is 0 Å². The van der Waals surface area contributed by atoms with Crippen LogP contribution in [0.5, 0.6) is 0 Å². The molecule has 4 atom stereocenters. The first-order valence-electron chi connectivity index (χ1n) is 11.5. The van der Waals surface area contributed by atoms with E-state index in [1.807, 2.05) is 26.0 Å². The number of carbonyl (C=O) groups is 3. The highest BCUT2D eigenvalue weighted by molar-refractivity contribution is 7.89. The predicted octanol–water partition coefficient (Wildman–Crippen LogP) is 2.30. The molecule has 1 heterocycles. The Morgan fingerprint density at radius 3 is 2.12 bits per heavy atom. The second-order valence-electron chi connectivity index (χ2n) is 9.34. The maximum atomic E-state index is 13.2. The second-order valence-corrected chi connectivity index (χ2v) is 11.1. The van der Waals surface area contributed by atoms with Crippen molar-refractivity contribution < 1.29 is 27.5 Å². The summed E-state index contributed by atoms with van der Waals surface area (Å²) in [6, 6.07) is 4.42. The summed E-state index contributed by atoms with van der Waals surface area (Å²) in [5.41, 5.74) is 0.376. The van der Waals surface area contributed by atoms with Crippen LogP contribution in [0.1, 0.15) is 40.0 Å². The number of benzene rings is 1. The molecule has 2 aliphatic rings. The minimum atomic E-state index is -3.75. The van der Waals surface area contributed by atoms with E-state index in [9.17, 15) is 22.8 Å². The number of carbonyl (C=O) groups excluding carboxylic acids is 3. The predicted molar refractivity (Wildman–Crippen MR) is 127 cm³/mol. The van der Waals surface area contributed by atoms with Gasteiger partial charge in [-0.25, -0.2) is 13.1 Å². The van der Waals surface area contributed by atoms with Crippen LogP contribution in [-0.4, -0.2) is 56.8 Å². The zero-order valence-corrected chi connectivity index (χ0v) is 20.8. The lowest BCUT2D eigenvalue weighted by Gasteiger charge is -2.27. The largest absolute Gasteiger partial charge is 0.383 e. The lowest BCUT2D eigenvalue weighted by atomic mass is 9.85. The van der Waals surface area contributed by atoms with Crippen LogP contribution in [-0.2, 0) is 29.1 Å². The molecule has 0 bridgehead atoms. The maximum Gasteiger partial charge on any atom is 0.247 e. The van der Waals surface area contributed by atoms with Crippen LogP contribution < -0.4 is 10.0 Å². The molecule has 1 fully saturated rings. The molecule has 9 nitrogen and oxygen atoms in total. The Balaban J connectivity index is 1.75. The van der Waals surface area contributed by atoms with E-state index in [0.717, 1.165) is 4.90 Å². The maximum absolute atomic E-state index is 13.2. The van der Waals surface area contributed by atoms with Gasteiger partial charge in [0.05, 0.1) is 23.3 Å². The van der Waals surface area contributed by atoms with Gasteiger partial charge in [-0.1, -0.05) is 26.0 Å². The molecule has 0 spiro atoms. The van der Waals surface area contributed by atoms with Gasteiger partial charge in [-0.05, 0) is 56.4 Å². The molecule has 2 N–H and O–H groups in total. The highest BCUT2D eigenvalue weighted by Gasteiger charge is 2.51. The highest BCUT2D eigenvalue weighted by atomic mass is 32.2. The van der Waals surface area contributed by atoms with Gasteiger partial charge in [0.25, 0.3) is 0 Å². The van der Waals surface area contributed by atoms with E-state index < -0.39 is 39.8 Å². The molecule has 0 saturated carbocycles. The third-order valence-corrected chi connectivity index (χ3v) is 7.66. The van der Waals surface area contributed by atoms with Crippen molar-refractivity contribution in [3.05, 3.63) is 36.4 Å². The van der Waals surface area contributed by atoms with Gasteiger partial charge in [-0.3, -0.25) is 19.3 Å². The highest BCUT2D eigenvalue weighted by Crippen LogP contribution is 2.37. The van der Waals surface area contributed by atoms with Gasteiger partial charge in [-0.2, -0.15) is 0 Å². The number of amides is 3. The average Bonchev–Trinajstić information content (AvgIpc) is 3.02. The molecule has 10 heteroatoms. The standard InChI is InChI=1S/C24H33N3O6S/c1-15(2)13-21(27-23(29)19-7-5-6-8-20(19)24(27)30)22(28)25-17-9-11-18(12-10-17)34(31,32)26-16(3)14-33-4/h5-6,9-12,15-16,19-21,26H,7-8,13-14H2,1-4H3,(H,25,28). The number of anilines is 1. The Morgan fingerprint density at radius 1 is 1.06 bits per heavy atom. The number of nitrogens with one attached hydrogen (secondary N) is 2. The van der Waals surface area contributed by atoms with Crippen molar-refractivity contribution in [2.45, 2.75) is 57.0 Å². The minimum Gasteiger partial charge on any atom is -0.383 e. The molecule has 34 heavy (non-hydrogen) atoms. The summed E-state index contributed by atoms with van der Waals surface area (Å²) in [6.45, 7) is 5.78. The Bertz CT molecular complexity index is 1020. The van der Waals surface area contributed by atoms with Gasteiger partial charge in [0, 0.05) is 18.8 Å². The van der Waals surface area contributed by atoms with Gasteiger partial charge in [-0.15, -0.1) is 0 Å². The first-order valence-corrected chi connectivity index (χ1v) is 13.0. The van der Waals surface area contributed by atoms with E-state index in [-0.39, 0.29) is 29.2 Å². The third-order valence-electron chi connectivity index (χ3n) is 6.06. The lowest BCUT2D eigenvalue weighted by molar-refractivity contribution is -0.147. The number of methoxy groups -OCH3 is 1. The number of fused-ring (bicyclic) bond motifs is 1. The summed E-state index contributed by atoms with van der Waals surface area (Å²) in [7, 11) is -2.26. The fourth-order valence-corrected chi connectivity index (χ4v) is 5.70. The number of hydrogen-bond acceptors (Lipinski definition) is 6. The molecule has 0 radical (unpaired) electrons. The van der Waals surface area contributed by atoms with Crippen LogP contribution in [0.25, 0.3) is 0 Å². The van der Waals surface area contributed by atoms with Gasteiger partial charge in [0.2, 0.25) is 27.7 Å². The molecule has 1 saturated heterocycles. The third kappa shape index (κ3) is 5.73. The fourth-order valence-electron chi connectivity index (χ4n) is 4.47. The summed E-state index contributed by atoms with van der Waals surface area (Å²) in [5, 5.41) is 2.75. The zero-order valence-electron chi connectivity index (χ0n) is 20.0. The zero-order chi connectivity index (χ0) is 25.0. The molecule has 0 aromatic heterocycles. The van der Waals surface area contributed by atoms with Crippen LogP contribution in [0, 0.1) is 17.8 Å². The van der Waals surface area contributed by atoms with Crippen molar-refractivity contribution in [3.8, 4) is 0 Å².